The molecule has 0 aliphatic carbocycles. The Morgan fingerprint density at radius 1 is 1.19 bits per heavy atom. The average molecular weight is 254 g/mol. The lowest BCUT2D eigenvalue weighted by molar-refractivity contribution is 0.103. The first-order valence-electron chi connectivity index (χ1n) is 4.74. The van der Waals surface area contributed by atoms with Gasteiger partial charge in [-0.3, -0.25) is 4.79 Å². The van der Waals surface area contributed by atoms with Gasteiger partial charge < -0.3 is 4.98 Å². The van der Waals surface area contributed by atoms with E-state index < -0.39 is 0 Å². The first kappa shape index (κ1) is 11.2. The minimum Gasteiger partial charge on any atom is -0.341 e. The van der Waals surface area contributed by atoms with Crippen LogP contribution in [0.2, 0.25) is 10.2 Å². The Balaban J connectivity index is 2.46. The number of carbonyl (C=O) groups excluding carboxylic acids is 1. The second-order valence-corrected chi connectivity index (χ2v) is 4.20. The van der Waals surface area contributed by atoms with Gasteiger partial charge in [-0.05, 0) is 12.5 Å². The summed E-state index contributed by atoms with van der Waals surface area (Å²) in [5.74, 6) is -0.105. The molecular weight excluding hydrogens is 245 g/mol. The average Bonchev–Trinajstić information content (AvgIpc) is 2.57. The fourth-order valence-electron chi connectivity index (χ4n) is 1.49. The lowest BCUT2D eigenvalue weighted by Crippen LogP contribution is -2.03. The molecule has 2 nitrogen and oxygen atoms in total. The second-order valence-electron chi connectivity index (χ2n) is 3.45. The summed E-state index contributed by atoms with van der Waals surface area (Å²) in [4.78, 5) is 14.9. The summed E-state index contributed by atoms with van der Waals surface area (Å²) >= 11 is 11.7. The molecule has 82 valence electrons. The number of aromatic nitrogens is 1. The topological polar surface area (TPSA) is 32.9 Å². The predicted octanol–water partition coefficient (Wildman–Crippen LogP) is 3.86. The van der Waals surface area contributed by atoms with Gasteiger partial charge in [-0.25, -0.2) is 0 Å². The zero-order valence-electron chi connectivity index (χ0n) is 8.55. The fraction of sp³-hybridized carbons (Fsp3) is 0.0833. The highest BCUT2D eigenvalue weighted by Crippen LogP contribution is 2.28. The summed E-state index contributed by atoms with van der Waals surface area (Å²) in [5, 5.41) is 0.708. The van der Waals surface area contributed by atoms with Crippen LogP contribution in [0.25, 0.3) is 0 Å². The molecule has 1 N–H and O–H groups in total. The summed E-state index contributed by atoms with van der Waals surface area (Å²) in [6.07, 6.45) is 0. The summed E-state index contributed by atoms with van der Waals surface area (Å²) in [5.41, 5.74) is 1.74. The summed E-state index contributed by atoms with van der Waals surface area (Å²) < 4.78 is 0. The Morgan fingerprint density at radius 3 is 2.31 bits per heavy atom. The van der Waals surface area contributed by atoms with Gasteiger partial charge in [-0.2, -0.15) is 0 Å². The second kappa shape index (κ2) is 4.32. The first-order valence-corrected chi connectivity index (χ1v) is 5.50. The molecule has 0 aliphatic rings. The van der Waals surface area contributed by atoms with Gasteiger partial charge in [0.2, 0.25) is 5.78 Å². The molecule has 1 heterocycles. The van der Waals surface area contributed by atoms with Gasteiger partial charge in [-0.15, -0.1) is 0 Å². The SMILES string of the molecule is Cc1c(C(=O)c2ccccc2)[nH]c(Cl)c1Cl. The van der Waals surface area contributed by atoms with Gasteiger partial charge in [0.15, 0.2) is 0 Å². The summed E-state index contributed by atoms with van der Waals surface area (Å²) in [6, 6.07) is 9.00. The van der Waals surface area contributed by atoms with E-state index in [1.54, 1.807) is 19.1 Å². The van der Waals surface area contributed by atoms with E-state index in [4.69, 9.17) is 23.2 Å². The number of halogens is 2. The van der Waals surface area contributed by atoms with Crippen molar-refractivity contribution in [2.75, 3.05) is 0 Å². The molecule has 1 aromatic heterocycles. The normalized spacial score (nSPS) is 10.4. The highest BCUT2D eigenvalue weighted by atomic mass is 35.5. The lowest BCUT2D eigenvalue weighted by atomic mass is 10.1. The number of H-pyrrole nitrogens is 1. The monoisotopic (exact) mass is 253 g/mol. The third-order valence-corrected chi connectivity index (χ3v) is 3.25. The molecule has 0 saturated heterocycles. The van der Waals surface area contributed by atoms with Gasteiger partial charge in [-0.1, -0.05) is 53.5 Å². The van der Waals surface area contributed by atoms with Crippen molar-refractivity contribution >= 4 is 29.0 Å². The molecule has 0 fully saturated rings. The van der Waals surface area contributed by atoms with Gasteiger partial charge in [0.1, 0.15) is 5.15 Å². The van der Waals surface area contributed by atoms with Crippen LogP contribution in [-0.2, 0) is 0 Å². The molecular formula is C12H9Cl2NO. The van der Waals surface area contributed by atoms with Crippen molar-refractivity contribution in [3.05, 3.63) is 57.3 Å². The number of benzene rings is 1. The molecule has 0 unspecified atom stereocenters. The Bertz CT molecular complexity index is 531. The van der Waals surface area contributed by atoms with Crippen molar-refractivity contribution < 1.29 is 4.79 Å². The number of hydrogen-bond donors (Lipinski definition) is 1. The summed E-state index contributed by atoms with van der Waals surface area (Å²) in [7, 11) is 0. The van der Waals surface area contributed by atoms with Gasteiger partial charge >= 0.3 is 0 Å². The van der Waals surface area contributed by atoms with E-state index in [2.05, 4.69) is 4.98 Å². The molecule has 1 aromatic carbocycles. The zero-order chi connectivity index (χ0) is 11.7. The highest BCUT2D eigenvalue weighted by Gasteiger charge is 2.18. The number of aromatic amines is 1. The maximum Gasteiger partial charge on any atom is 0.209 e. The van der Waals surface area contributed by atoms with Crippen molar-refractivity contribution in [1.29, 1.82) is 0 Å². The van der Waals surface area contributed by atoms with Crippen LogP contribution in [0.5, 0.6) is 0 Å². The van der Waals surface area contributed by atoms with Gasteiger partial charge in [0.05, 0.1) is 10.7 Å². The van der Waals surface area contributed by atoms with Crippen LogP contribution in [0, 0.1) is 6.92 Å². The molecule has 0 spiro atoms. The number of hydrogen-bond acceptors (Lipinski definition) is 1. The van der Waals surface area contributed by atoms with Crippen LogP contribution in [0.4, 0.5) is 0 Å². The van der Waals surface area contributed by atoms with E-state index in [-0.39, 0.29) is 5.78 Å². The van der Waals surface area contributed by atoms with Crippen molar-refractivity contribution in [1.82, 2.24) is 4.98 Å². The molecule has 0 bridgehead atoms. The summed E-state index contributed by atoms with van der Waals surface area (Å²) in [6.45, 7) is 1.76. The van der Waals surface area contributed by atoms with Crippen molar-refractivity contribution in [3.63, 3.8) is 0 Å². The standard InChI is InChI=1S/C12H9Cl2NO/c1-7-9(13)12(14)15-10(7)11(16)8-5-3-2-4-6-8/h2-6,15H,1H3. The van der Waals surface area contributed by atoms with E-state index >= 15 is 0 Å². The molecule has 0 amide bonds. The maximum absolute atomic E-state index is 12.1. The Labute approximate surface area is 103 Å². The molecule has 4 heteroatoms. The quantitative estimate of drug-likeness (QED) is 0.811. The van der Waals surface area contributed by atoms with Crippen LogP contribution in [-0.4, -0.2) is 10.8 Å². The van der Waals surface area contributed by atoms with E-state index in [1.807, 2.05) is 18.2 Å². The number of rotatable bonds is 2. The van der Waals surface area contributed by atoms with Crippen molar-refractivity contribution in [2.45, 2.75) is 6.92 Å². The Kier molecular flexibility index (Phi) is 3.03. The molecule has 16 heavy (non-hydrogen) atoms. The number of nitrogens with one attached hydrogen (secondary N) is 1. The van der Waals surface area contributed by atoms with Crippen molar-refractivity contribution in [3.8, 4) is 0 Å². The van der Waals surface area contributed by atoms with E-state index in [0.717, 1.165) is 0 Å². The Hall–Kier alpha value is -1.25. The zero-order valence-corrected chi connectivity index (χ0v) is 10.1. The smallest absolute Gasteiger partial charge is 0.209 e. The van der Waals surface area contributed by atoms with E-state index in [0.29, 0.717) is 27.0 Å². The van der Waals surface area contributed by atoms with Crippen LogP contribution < -0.4 is 0 Å². The Morgan fingerprint density at radius 2 is 1.81 bits per heavy atom. The minimum atomic E-state index is -0.105. The molecule has 0 aliphatic heterocycles. The van der Waals surface area contributed by atoms with E-state index in [1.165, 1.54) is 0 Å². The third kappa shape index (κ3) is 1.86. The van der Waals surface area contributed by atoms with Crippen molar-refractivity contribution in [2.24, 2.45) is 0 Å². The van der Waals surface area contributed by atoms with Crippen LogP contribution >= 0.6 is 23.2 Å². The molecule has 0 radical (unpaired) electrons. The highest BCUT2D eigenvalue weighted by molar-refractivity contribution is 6.42. The molecule has 0 saturated carbocycles. The van der Waals surface area contributed by atoms with Gasteiger partial charge in [0, 0.05) is 5.56 Å². The molecule has 2 rings (SSSR count). The first-order chi connectivity index (χ1) is 7.61. The predicted molar refractivity (Wildman–Crippen MR) is 65.4 cm³/mol. The number of ketones is 1. The number of carbonyl (C=O) groups is 1. The van der Waals surface area contributed by atoms with Crippen LogP contribution in [0.15, 0.2) is 30.3 Å². The van der Waals surface area contributed by atoms with E-state index in [9.17, 15) is 4.79 Å². The maximum atomic E-state index is 12.1. The molecule has 0 atom stereocenters. The lowest BCUT2D eigenvalue weighted by Gasteiger charge is -1.99. The van der Waals surface area contributed by atoms with Gasteiger partial charge in [0.25, 0.3) is 0 Å². The molecule has 2 aromatic rings. The third-order valence-electron chi connectivity index (χ3n) is 2.39. The minimum absolute atomic E-state index is 0.105. The van der Waals surface area contributed by atoms with Crippen LogP contribution in [0.1, 0.15) is 21.6 Å². The van der Waals surface area contributed by atoms with Crippen LogP contribution in [0.3, 0.4) is 0 Å². The largest absolute Gasteiger partial charge is 0.341 e. The fourth-order valence-corrected chi connectivity index (χ4v) is 1.87.